The van der Waals surface area contributed by atoms with Crippen molar-refractivity contribution in [3.05, 3.63) is 0 Å². The van der Waals surface area contributed by atoms with Gasteiger partial charge in [0.1, 0.15) is 0 Å². The van der Waals surface area contributed by atoms with Gasteiger partial charge < -0.3 is 11.1 Å². The van der Waals surface area contributed by atoms with E-state index in [2.05, 4.69) is 31.0 Å². The van der Waals surface area contributed by atoms with E-state index >= 15 is 0 Å². The molecule has 1 aliphatic rings. The Morgan fingerprint density at radius 1 is 1.26 bits per heavy atom. The summed E-state index contributed by atoms with van der Waals surface area (Å²) in [5, 5.41) is 3.12. The van der Waals surface area contributed by atoms with Crippen molar-refractivity contribution in [2.24, 2.45) is 5.73 Å². The SMILES string of the molecule is CCC(CC)NC(=O)CN(CC)C1(CN)CCCC1. The lowest BCUT2D eigenvalue weighted by Crippen LogP contribution is -2.55. The smallest absolute Gasteiger partial charge is 0.234 e. The van der Waals surface area contributed by atoms with Gasteiger partial charge in [0.05, 0.1) is 6.54 Å². The van der Waals surface area contributed by atoms with Gasteiger partial charge in [-0.15, -0.1) is 0 Å². The minimum Gasteiger partial charge on any atom is -0.352 e. The van der Waals surface area contributed by atoms with Crippen LogP contribution in [-0.4, -0.2) is 42.0 Å². The van der Waals surface area contributed by atoms with Crippen molar-refractivity contribution in [3.8, 4) is 0 Å². The number of carbonyl (C=O) groups excluding carboxylic acids is 1. The maximum atomic E-state index is 12.2. The molecule has 0 aliphatic heterocycles. The van der Waals surface area contributed by atoms with Crippen LogP contribution in [0.15, 0.2) is 0 Å². The Hall–Kier alpha value is -0.610. The Morgan fingerprint density at radius 2 is 1.84 bits per heavy atom. The number of nitrogens with zero attached hydrogens (tertiary/aromatic N) is 1. The molecule has 0 bridgehead atoms. The van der Waals surface area contributed by atoms with Crippen LogP contribution in [0, 0.1) is 0 Å². The molecule has 0 unspecified atom stereocenters. The van der Waals surface area contributed by atoms with Crippen molar-refractivity contribution in [3.63, 3.8) is 0 Å². The first-order valence-corrected chi connectivity index (χ1v) is 7.86. The molecule has 3 N–H and O–H groups in total. The van der Waals surface area contributed by atoms with E-state index in [0.29, 0.717) is 19.1 Å². The number of hydrogen-bond donors (Lipinski definition) is 2. The Morgan fingerprint density at radius 3 is 2.26 bits per heavy atom. The normalized spacial score (nSPS) is 18.2. The molecule has 0 atom stereocenters. The van der Waals surface area contributed by atoms with Gasteiger partial charge in [0.25, 0.3) is 0 Å². The maximum Gasteiger partial charge on any atom is 0.234 e. The predicted molar refractivity (Wildman–Crippen MR) is 80.0 cm³/mol. The first-order chi connectivity index (χ1) is 9.11. The second-order valence-electron chi connectivity index (χ2n) is 5.73. The molecule has 19 heavy (non-hydrogen) atoms. The molecule has 1 amide bonds. The van der Waals surface area contributed by atoms with Crippen LogP contribution < -0.4 is 11.1 Å². The monoisotopic (exact) mass is 269 g/mol. The summed E-state index contributed by atoms with van der Waals surface area (Å²) < 4.78 is 0. The van der Waals surface area contributed by atoms with E-state index in [4.69, 9.17) is 5.73 Å². The van der Waals surface area contributed by atoms with E-state index in [1.54, 1.807) is 0 Å². The van der Waals surface area contributed by atoms with Gasteiger partial charge in [0, 0.05) is 18.1 Å². The van der Waals surface area contributed by atoms with Gasteiger partial charge in [0.2, 0.25) is 5.91 Å². The summed E-state index contributed by atoms with van der Waals surface area (Å²) in [5.41, 5.74) is 6.07. The van der Waals surface area contributed by atoms with Crippen LogP contribution in [0.1, 0.15) is 59.3 Å². The van der Waals surface area contributed by atoms with Gasteiger partial charge in [-0.1, -0.05) is 33.6 Å². The summed E-state index contributed by atoms with van der Waals surface area (Å²) >= 11 is 0. The topological polar surface area (TPSA) is 58.4 Å². The highest BCUT2D eigenvalue weighted by Gasteiger charge is 2.38. The second-order valence-corrected chi connectivity index (χ2v) is 5.73. The fourth-order valence-electron chi connectivity index (χ4n) is 3.24. The summed E-state index contributed by atoms with van der Waals surface area (Å²) in [7, 11) is 0. The highest BCUT2D eigenvalue weighted by molar-refractivity contribution is 5.78. The molecular formula is C15H31N3O. The summed E-state index contributed by atoms with van der Waals surface area (Å²) in [4.78, 5) is 14.5. The van der Waals surface area contributed by atoms with Gasteiger partial charge in [0.15, 0.2) is 0 Å². The number of nitrogens with two attached hydrogens (primary N) is 1. The van der Waals surface area contributed by atoms with Crippen LogP contribution in [0.5, 0.6) is 0 Å². The third-order valence-electron chi connectivity index (χ3n) is 4.65. The van der Waals surface area contributed by atoms with E-state index in [1.165, 1.54) is 12.8 Å². The van der Waals surface area contributed by atoms with Crippen LogP contribution >= 0.6 is 0 Å². The zero-order chi connectivity index (χ0) is 14.3. The highest BCUT2D eigenvalue weighted by Crippen LogP contribution is 2.34. The molecule has 0 radical (unpaired) electrons. The van der Waals surface area contributed by atoms with Crippen molar-refractivity contribution in [1.29, 1.82) is 0 Å². The molecule has 0 spiro atoms. The second kappa shape index (κ2) is 7.85. The van der Waals surface area contributed by atoms with Gasteiger partial charge in [-0.25, -0.2) is 0 Å². The molecule has 4 nitrogen and oxygen atoms in total. The Balaban J connectivity index is 2.58. The lowest BCUT2D eigenvalue weighted by Gasteiger charge is -2.39. The molecule has 0 saturated heterocycles. The third-order valence-corrected chi connectivity index (χ3v) is 4.65. The third kappa shape index (κ3) is 4.18. The van der Waals surface area contributed by atoms with Gasteiger partial charge in [-0.3, -0.25) is 9.69 Å². The summed E-state index contributed by atoms with van der Waals surface area (Å²) in [6.45, 7) is 8.41. The summed E-state index contributed by atoms with van der Waals surface area (Å²) in [6, 6.07) is 0.309. The predicted octanol–water partition coefficient (Wildman–Crippen LogP) is 1.88. The van der Waals surface area contributed by atoms with Crippen molar-refractivity contribution < 1.29 is 4.79 Å². The standard InChI is InChI=1S/C15H31N3O/c1-4-13(5-2)17-14(19)11-18(6-3)15(12-16)9-7-8-10-15/h13H,4-12,16H2,1-3H3,(H,17,19). The van der Waals surface area contributed by atoms with Crippen molar-refractivity contribution in [2.75, 3.05) is 19.6 Å². The molecule has 0 aromatic carbocycles. The molecular weight excluding hydrogens is 238 g/mol. The quantitative estimate of drug-likeness (QED) is 0.707. The maximum absolute atomic E-state index is 12.2. The summed E-state index contributed by atoms with van der Waals surface area (Å²) in [5.74, 6) is 0.148. The van der Waals surface area contributed by atoms with Gasteiger partial charge in [-0.2, -0.15) is 0 Å². The zero-order valence-electron chi connectivity index (χ0n) is 12.9. The van der Waals surface area contributed by atoms with Crippen LogP contribution in [-0.2, 0) is 4.79 Å². The van der Waals surface area contributed by atoms with Crippen LogP contribution in [0.3, 0.4) is 0 Å². The van der Waals surface area contributed by atoms with E-state index in [1.807, 2.05) is 0 Å². The molecule has 4 heteroatoms. The summed E-state index contributed by atoms with van der Waals surface area (Å²) in [6.07, 6.45) is 6.74. The van der Waals surface area contributed by atoms with Gasteiger partial charge >= 0.3 is 0 Å². The van der Waals surface area contributed by atoms with Crippen LogP contribution in [0.25, 0.3) is 0 Å². The lowest BCUT2D eigenvalue weighted by molar-refractivity contribution is -0.124. The molecule has 112 valence electrons. The average Bonchev–Trinajstić information content (AvgIpc) is 2.92. The van der Waals surface area contributed by atoms with E-state index < -0.39 is 0 Å². The largest absolute Gasteiger partial charge is 0.352 e. The Labute approximate surface area is 118 Å². The Bertz CT molecular complexity index is 271. The molecule has 1 aliphatic carbocycles. The van der Waals surface area contributed by atoms with E-state index in [0.717, 1.165) is 32.2 Å². The van der Waals surface area contributed by atoms with Crippen LogP contribution in [0.4, 0.5) is 0 Å². The molecule has 1 saturated carbocycles. The number of likely N-dealkylation sites (N-methyl/N-ethyl adjacent to an activating group) is 1. The van der Waals surface area contributed by atoms with Crippen molar-refractivity contribution in [2.45, 2.75) is 70.9 Å². The fraction of sp³-hybridized carbons (Fsp3) is 0.933. The minimum atomic E-state index is 0.0695. The molecule has 0 heterocycles. The molecule has 0 aromatic rings. The van der Waals surface area contributed by atoms with E-state index in [9.17, 15) is 4.79 Å². The zero-order valence-corrected chi connectivity index (χ0v) is 12.9. The molecule has 1 fully saturated rings. The lowest BCUT2D eigenvalue weighted by atomic mass is 9.95. The number of amides is 1. The van der Waals surface area contributed by atoms with E-state index in [-0.39, 0.29) is 11.4 Å². The number of hydrogen-bond acceptors (Lipinski definition) is 3. The minimum absolute atomic E-state index is 0.0695. The highest BCUT2D eigenvalue weighted by atomic mass is 16.2. The number of carbonyl (C=O) groups is 1. The van der Waals surface area contributed by atoms with Gasteiger partial charge in [-0.05, 0) is 32.2 Å². The van der Waals surface area contributed by atoms with Crippen molar-refractivity contribution >= 4 is 5.91 Å². The Kier molecular flexibility index (Phi) is 6.80. The molecule has 1 rings (SSSR count). The fourth-order valence-corrected chi connectivity index (χ4v) is 3.24. The number of rotatable bonds is 8. The average molecular weight is 269 g/mol. The first-order valence-electron chi connectivity index (χ1n) is 7.86. The first kappa shape index (κ1) is 16.4. The van der Waals surface area contributed by atoms with Crippen molar-refractivity contribution in [1.82, 2.24) is 10.2 Å². The molecule has 0 aromatic heterocycles. The van der Waals surface area contributed by atoms with Crippen LogP contribution in [0.2, 0.25) is 0 Å². The number of nitrogens with one attached hydrogen (secondary N) is 1.